The molecule has 0 unspecified atom stereocenters. The van der Waals surface area contributed by atoms with Gasteiger partial charge in [-0.1, -0.05) is 29.3 Å². The first-order chi connectivity index (χ1) is 12.3. The van der Waals surface area contributed by atoms with Crippen LogP contribution >= 0.6 is 23.2 Å². The van der Waals surface area contributed by atoms with E-state index < -0.39 is 17.2 Å². The van der Waals surface area contributed by atoms with Crippen molar-refractivity contribution in [2.24, 2.45) is 0 Å². The van der Waals surface area contributed by atoms with E-state index in [0.29, 0.717) is 38.6 Å². The van der Waals surface area contributed by atoms with Crippen molar-refractivity contribution in [3.05, 3.63) is 89.4 Å². The lowest BCUT2D eigenvalue weighted by atomic mass is 9.84. The molecule has 0 amide bonds. The minimum absolute atomic E-state index is 0.220. The molecule has 0 radical (unpaired) electrons. The fourth-order valence-corrected chi connectivity index (χ4v) is 3.47. The van der Waals surface area contributed by atoms with Crippen LogP contribution in [0.15, 0.2) is 48.8 Å². The van der Waals surface area contributed by atoms with Crippen molar-refractivity contribution >= 4 is 23.2 Å². The fourth-order valence-electron chi connectivity index (χ4n) is 3.16. The molecular formula is C19H12Cl2O5. The number of hydrogen-bond acceptors (Lipinski definition) is 5. The van der Waals surface area contributed by atoms with Crippen LogP contribution in [0, 0.1) is 13.8 Å². The van der Waals surface area contributed by atoms with Crippen molar-refractivity contribution < 1.29 is 13.6 Å². The molecule has 0 fully saturated rings. The topological polar surface area (TPSA) is 69.7 Å². The molecule has 7 heteroatoms. The Morgan fingerprint density at radius 1 is 0.808 bits per heavy atom. The van der Waals surface area contributed by atoms with Crippen LogP contribution in [-0.4, -0.2) is 0 Å². The molecule has 0 N–H and O–H groups in total. The summed E-state index contributed by atoms with van der Waals surface area (Å²) in [4.78, 5) is 25.1. The molecular weight excluding hydrogens is 379 g/mol. The summed E-state index contributed by atoms with van der Waals surface area (Å²) in [5, 5.41) is 0.682. The third kappa shape index (κ3) is 2.64. The molecule has 4 rings (SSSR count). The maximum Gasteiger partial charge on any atom is 0.343 e. The molecule has 5 nitrogen and oxygen atoms in total. The number of fused-ring (bicyclic) bond motifs is 2. The van der Waals surface area contributed by atoms with E-state index in [0.717, 1.165) is 0 Å². The van der Waals surface area contributed by atoms with E-state index in [2.05, 4.69) is 0 Å². The summed E-state index contributed by atoms with van der Waals surface area (Å²) in [6.45, 7) is 3.30. The van der Waals surface area contributed by atoms with E-state index in [1.165, 1.54) is 0 Å². The monoisotopic (exact) mass is 390 g/mol. The van der Waals surface area contributed by atoms with Crippen LogP contribution in [-0.2, 0) is 0 Å². The van der Waals surface area contributed by atoms with Crippen LogP contribution in [0.1, 0.15) is 34.1 Å². The summed E-state index contributed by atoms with van der Waals surface area (Å²) in [7, 11) is 0. The molecule has 132 valence electrons. The van der Waals surface area contributed by atoms with Crippen molar-refractivity contribution in [2.45, 2.75) is 19.8 Å². The van der Waals surface area contributed by atoms with Gasteiger partial charge in [0.05, 0.1) is 27.1 Å². The molecule has 1 aromatic carbocycles. The predicted molar refractivity (Wildman–Crippen MR) is 96.9 cm³/mol. The maximum atomic E-state index is 12.6. The fraction of sp³-hybridized carbons (Fsp3) is 0.158. The summed E-state index contributed by atoms with van der Waals surface area (Å²) >= 11 is 12.2. The smallest absolute Gasteiger partial charge is 0.343 e. The van der Waals surface area contributed by atoms with Gasteiger partial charge in [-0.05, 0) is 31.5 Å². The zero-order valence-corrected chi connectivity index (χ0v) is 15.3. The molecule has 2 aromatic heterocycles. The lowest BCUT2D eigenvalue weighted by molar-refractivity contribution is 0.389. The highest BCUT2D eigenvalue weighted by Crippen LogP contribution is 2.45. The summed E-state index contributed by atoms with van der Waals surface area (Å²) in [6.07, 6.45) is 0. The van der Waals surface area contributed by atoms with Gasteiger partial charge < -0.3 is 13.6 Å². The second-order valence-electron chi connectivity index (χ2n) is 6.05. The van der Waals surface area contributed by atoms with Gasteiger partial charge in [-0.25, -0.2) is 9.59 Å². The number of aryl methyl sites for hydroxylation is 2. The maximum absolute atomic E-state index is 12.6. The van der Waals surface area contributed by atoms with Crippen molar-refractivity contribution in [3.63, 3.8) is 0 Å². The number of hydrogen-bond donors (Lipinski definition) is 0. The van der Waals surface area contributed by atoms with E-state index in [4.69, 9.17) is 36.8 Å². The molecule has 1 aliphatic heterocycles. The SMILES string of the molecule is Cc1cc2c(c(=O)o1)C(c1ccc(Cl)c(Cl)c1)c1c(cc(C)oc1=O)O2. The molecule has 26 heavy (non-hydrogen) atoms. The van der Waals surface area contributed by atoms with Crippen LogP contribution in [0.5, 0.6) is 11.5 Å². The first kappa shape index (κ1) is 16.9. The van der Waals surface area contributed by atoms with Gasteiger partial charge in [-0.15, -0.1) is 0 Å². The molecule has 0 aliphatic carbocycles. The zero-order chi connectivity index (χ0) is 18.6. The van der Waals surface area contributed by atoms with Gasteiger partial charge in [0.2, 0.25) is 0 Å². The molecule has 0 spiro atoms. The van der Waals surface area contributed by atoms with Gasteiger partial charge in [0.15, 0.2) is 0 Å². The Labute approximate surface area is 157 Å². The van der Waals surface area contributed by atoms with E-state index in [1.807, 2.05) is 0 Å². The lowest BCUT2D eigenvalue weighted by Gasteiger charge is -2.26. The van der Waals surface area contributed by atoms with Crippen molar-refractivity contribution in [1.82, 2.24) is 0 Å². The summed E-state index contributed by atoms with van der Waals surface area (Å²) in [6, 6.07) is 8.17. The zero-order valence-electron chi connectivity index (χ0n) is 13.8. The van der Waals surface area contributed by atoms with Crippen molar-refractivity contribution in [2.75, 3.05) is 0 Å². The van der Waals surface area contributed by atoms with Gasteiger partial charge in [0.1, 0.15) is 23.0 Å². The van der Waals surface area contributed by atoms with Crippen molar-refractivity contribution in [3.8, 4) is 11.5 Å². The minimum Gasteiger partial charge on any atom is -0.456 e. The third-order valence-corrected chi connectivity index (χ3v) is 4.96. The molecule has 0 bridgehead atoms. The molecule has 0 saturated carbocycles. The Bertz CT molecular complexity index is 1090. The van der Waals surface area contributed by atoms with E-state index >= 15 is 0 Å². The Balaban J connectivity index is 2.08. The quantitative estimate of drug-likeness (QED) is 0.466. The Hall–Kier alpha value is -2.50. The van der Waals surface area contributed by atoms with Gasteiger partial charge in [-0.2, -0.15) is 0 Å². The average molecular weight is 391 g/mol. The predicted octanol–water partition coefficient (Wildman–Crippen LogP) is 4.80. The summed E-state index contributed by atoms with van der Waals surface area (Å²) in [5.41, 5.74) is -0.115. The van der Waals surface area contributed by atoms with Crippen LogP contribution in [0.3, 0.4) is 0 Å². The van der Waals surface area contributed by atoms with Gasteiger partial charge in [0, 0.05) is 12.1 Å². The lowest BCUT2D eigenvalue weighted by Crippen LogP contribution is -2.26. The highest BCUT2D eigenvalue weighted by Gasteiger charge is 2.36. The average Bonchev–Trinajstić information content (AvgIpc) is 2.55. The van der Waals surface area contributed by atoms with E-state index in [9.17, 15) is 9.59 Å². The standard InChI is InChI=1S/C19H12Cl2O5/c1-8-5-13-16(18(22)24-8)15(10-3-4-11(20)12(21)7-10)17-14(26-13)6-9(2)25-19(17)23/h3-7,15H,1-2H3. The number of ether oxygens (including phenoxy) is 1. The third-order valence-electron chi connectivity index (χ3n) is 4.22. The molecule has 3 aromatic rings. The van der Waals surface area contributed by atoms with Crippen LogP contribution in [0.2, 0.25) is 10.0 Å². The Kier molecular flexibility index (Phi) is 3.93. The molecule has 3 heterocycles. The van der Waals surface area contributed by atoms with Gasteiger partial charge in [0.25, 0.3) is 0 Å². The van der Waals surface area contributed by atoms with Crippen LogP contribution < -0.4 is 16.0 Å². The Morgan fingerprint density at radius 3 is 1.85 bits per heavy atom. The highest BCUT2D eigenvalue weighted by atomic mass is 35.5. The first-order valence-corrected chi connectivity index (χ1v) is 8.53. The molecule has 1 aliphatic rings. The molecule has 0 saturated heterocycles. The Morgan fingerprint density at radius 2 is 1.35 bits per heavy atom. The second kappa shape index (κ2) is 6.04. The largest absolute Gasteiger partial charge is 0.456 e. The number of benzene rings is 1. The summed E-state index contributed by atoms with van der Waals surface area (Å²) in [5.74, 6) is 0.756. The molecule has 0 atom stereocenters. The van der Waals surface area contributed by atoms with Gasteiger partial charge in [-0.3, -0.25) is 0 Å². The number of halogens is 2. The van der Waals surface area contributed by atoms with Crippen LogP contribution in [0.25, 0.3) is 0 Å². The first-order valence-electron chi connectivity index (χ1n) is 7.77. The summed E-state index contributed by atoms with van der Waals surface area (Å²) < 4.78 is 16.3. The van der Waals surface area contributed by atoms with Crippen LogP contribution in [0.4, 0.5) is 0 Å². The van der Waals surface area contributed by atoms with Crippen molar-refractivity contribution in [1.29, 1.82) is 0 Å². The van der Waals surface area contributed by atoms with E-state index in [-0.39, 0.29) is 11.1 Å². The minimum atomic E-state index is -0.739. The highest BCUT2D eigenvalue weighted by molar-refractivity contribution is 6.42. The van der Waals surface area contributed by atoms with E-state index in [1.54, 1.807) is 44.2 Å². The van der Waals surface area contributed by atoms with Gasteiger partial charge >= 0.3 is 11.3 Å². The normalized spacial score (nSPS) is 13.1. The second-order valence-corrected chi connectivity index (χ2v) is 6.87. The number of rotatable bonds is 1.